The van der Waals surface area contributed by atoms with Gasteiger partial charge in [0.25, 0.3) is 0 Å². The molecule has 4 atom stereocenters. The first-order valence-corrected chi connectivity index (χ1v) is 7.62. The molecular weight excluding hydrogens is 254 g/mol. The van der Waals surface area contributed by atoms with Gasteiger partial charge in [0.1, 0.15) is 0 Å². The molecule has 4 heteroatoms. The molecule has 4 nitrogen and oxygen atoms in total. The van der Waals surface area contributed by atoms with Gasteiger partial charge >= 0.3 is 0 Å². The summed E-state index contributed by atoms with van der Waals surface area (Å²) >= 11 is 0. The maximum Gasteiger partial charge on any atom is 0.203 e. The largest absolute Gasteiger partial charge is 0.504 e. The summed E-state index contributed by atoms with van der Waals surface area (Å²) in [5, 5.41) is 21.8. The molecule has 20 heavy (non-hydrogen) atoms. The summed E-state index contributed by atoms with van der Waals surface area (Å²) < 4.78 is 0. The lowest BCUT2D eigenvalue weighted by atomic mass is 9.50. The van der Waals surface area contributed by atoms with Crippen LogP contribution in [0.1, 0.15) is 32.6 Å². The first-order valence-electron chi connectivity index (χ1n) is 7.62. The Morgan fingerprint density at radius 1 is 1.45 bits per heavy atom. The molecule has 2 aliphatic heterocycles. The Labute approximate surface area is 118 Å². The summed E-state index contributed by atoms with van der Waals surface area (Å²) in [4.78, 5) is 14.8. The molecule has 0 aromatic carbocycles. The molecule has 2 N–H and O–H groups in total. The summed E-state index contributed by atoms with van der Waals surface area (Å²) in [5.74, 6) is -0.406. The van der Waals surface area contributed by atoms with Crippen molar-refractivity contribution in [3.05, 3.63) is 23.5 Å². The van der Waals surface area contributed by atoms with Gasteiger partial charge in [-0.05, 0) is 38.1 Å². The third-order valence-electron chi connectivity index (χ3n) is 5.96. The van der Waals surface area contributed by atoms with Crippen molar-refractivity contribution in [1.29, 1.82) is 0 Å². The van der Waals surface area contributed by atoms with E-state index in [0.29, 0.717) is 24.3 Å². The number of carbonyl (C=O) groups is 1. The zero-order valence-electron chi connectivity index (χ0n) is 11.8. The second kappa shape index (κ2) is 3.74. The number of aliphatic hydroxyl groups excluding tert-OH is 1. The maximum absolute atomic E-state index is 12.5. The highest BCUT2D eigenvalue weighted by atomic mass is 16.3. The number of ketones is 1. The number of piperidine rings is 1. The van der Waals surface area contributed by atoms with Gasteiger partial charge in [0.2, 0.25) is 5.78 Å². The summed E-state index contributed by atoms with van der Waals surface area (Å²) in [5.41, 5.74) is -0.875. The lowest BCUT2D eigenvalue weighted by Crippen LogP contribution is -2.76. The van der Waals surface area contributed by atoms with Gasteiger partial charge in [0, 0.05) is 12.1 Å². The van der Waals surface area contributed by atoms with Crippen LogP contribution in [0.15, 0.2) is 23.5 Å². The van der Waals surface area contributed by atoms with E-state index in [1.807, 2.05) is 12.2 Å². The van der Waals surface area contributed by atoms with Crippen molar-refractivity contribution in [2.24, 2.45) is 11.8 Å². The quantitative estimate of drug-likeness (QED) is 0.704. The minimum Gasteiger partial charge on any atom is -0.504 e. The fourth-order valence-electron chi connectivity index (χ4n) is 5.26. The van der Waals surface area contributed by atoms with Crippen molar-refractivity contribution < 1.29 is 15.0 Å². The molecular formula is C16H21NO3. The summed E-state index contributed by atoms with van der Waals surface area (Å²) in [6.07, 6.45) is 6.96. The highest BCUT2D eigenvalue weighted by Gasteiger charge is 2.68. The zero-order chi connectivity index (χ0) is 14.1. The summed E-state index contributed by atoms with van der Waals surface area (Å²) in [6.45, 7) is 3.88. The zero-order valence-corrected chi connectivity index (χ0v) is 11.8. The Morgan fingerprint density at radius 3 is 3.05 bits per heavy atom. The molecule has 2 bridgehead atoms. The van der Waals surface area contributed by atoms with Crippen LogP contribution in [-0.2, 0) is 4.79 Å². The molecule has 0 aromatic heterocycles. The van der Waals surface area contributed by atoms with Gasteiger partial charge in [-0.2, -0.15) is 0 Å². The van der Waals surface area contributed by atoms with Crippen molar-refractivity contribution in [1.82, 2.24) is 4.90 Å². The number of nitrogens with zero attached hydrogens (tertiary/aromatic N) is 1. The van der Waals surface area contributed by atoms with Crippen LogP contribution < -0.4 is 0 Å². The molecule has 1 saturated heterocycles. The number of carbonyl (C=O) groups excluding carboxylic acids is 1. The molecule has 1 saturated carbocycles. The normalized spacial score (nSPS) is 47.4. The first kappa shape index (κ1) is 12.6. The van der Waals surface area contributed by atoms with Crippen LogP contribution in [0.4, 0.5) is 0 Å². The fourth-order valence-corrected chi connectivity index (χ4v) is 5.26. The van der Waals surface area contributed by atoms with Crippen molar-refractivity contribution in [3.8, 4) is 0 Å². The lowest BCUT2D eigenvalue weighted by Gasteiger charge is -2.65. The minimum atomic E-state index is -0.999. The van der Waals surface area contributed by atoms with Crippen LogP contribution >= 0.6 is 0 Å². The monoisotopic (exact) mass is 275 g/mol. The molecule has 4 unspecified atom stereocenters. The lowest BCUT2D eigenvalue weighted by molar-refractivity contribution is -0.197. The van der Waals surface area contributed by atoms with Crippen molar-refractivity contribution in [2.45, 2.75) is 43.7 Å². The molecule has 1 spiro atoms. The molecule has 4 aliphatic rings. The first-order chi connectivity index (χ1) is 9.50. The molecule has 2 aliphatic carbocycles. The van der Waals surface area contributed by atoms with Gasteiger partial charge < -0.3 is 10.2 Å². The van der Waals surface area contributed by atoms with Crippen LogP contribution in [-0.4, -0.2) is 45.1 Å². The number of rotatable bonds is 0. The second-order valence-electron chi connectivity index (χ2n) is 6.96. The third kappa shape index (κ3) is 1.19. The Kier molecular flexibility index (Phi) is 2.36. The van der Waals surface area contributed by atoms with Gasteiger partial charge in [-0.15, -0.1) is 0 Å². The standard InChI is InChI=1S/C16H21NO3/c1-10-8-12-14(19)13(18)11-4-2-6-17-7-3-5-16(12,20)15(11,17)9-10/h2,4,10,12,18,20H,3,5-9H2,1H3. The van der Waals surface area contributed by atoms with E-state index in [-0.39, 0.29) is 11.5 Å². The highest BCUT2D eigenvalue weighted by molar-refractivity contribution is 5.99. The number of hydrogen-bond donors (Lipinski definition) is 2. The number of Topliss-reactive ketones (excluding diaryl/α,β-unsaturated/α-hetero) is 1. The number of aliphatic hydroxyl groups is 2. The topological polar surface area (TPSA) is 60.8 Å². The van der Waals surface area contributed by atoms with E-state index in [4.69, 9.17) is 0 Å². The van der Waals surface area contributed by atoms with Gasteiger partial charge in [-0.3, -0.25) is 9.69 Å². The van der Waals surface area contributed by atoms with Crippen LogP contribution in [0.3, 0.4) is 0 Å². The number of allylic oxidation sites excluding steroid dienone is 1. The van der Waals surface area contributed by atoms with Crippen LogP contribution in [0, 0.1) is 11.8 Å². The summed E-state index contributed by atoms with van der Waals surface area (Å²) in [6, 6.07) is 0. The van der Waals surface area contributed by atoms with Gasteiger partial charge in [-0.25, -0.2) is 0 Å². The predicted octanol–water partition coefficient (Wildman–Crippen LogP) is 1.56. The van der Waals surface area contributed by atoms with E-state index < -0.39 is 17.1 Å². The third-order valence-corrected chi connectivity index (χ3v) is 5.96. The van der Waals surface area contributed by atoms with Gasteiger partial charge in [-0.1, -0.05) is 19.1 Å². The smallest absolute Gasteiger partial charge is 0.203 e. The average molecular weight is 275 g/mol. The molecule has 4 rings (SSSR count). The molecule has 2 heterocycles. The van der Waals surface area contributed by atoms with Crippen LogP contribution in [0.5, 0.6) is 0 Å². The van der Waals surface area contributed by atoms with Crippen molar-refractivity contribution in [2.75, 3.05) is 13.1 Å². The van der Waals surface area contributed by atoms with E-state index in [9.17, 15) is 15.0 Å². The Bertz CT molecular complexity index is 552. The van der Waals surface area contributed by atoms with Gasteiger partial charge in [0.15, 0.2) is 5.76 Å². The van der Waals surface area contributed by atoms with Crippen molar-refractivity contribution >= 4 is 5.78 Å². The van der Waals surface area contributed by atoms with E-state index in [1.165, 1.54) is 0 Å². The summed E-state index contributed by atoms with van der Waals surface area (Å²) in [7, 11) is 0. The molecule has 0 amide bonds. The Hall–Kier alpha value is -1.13. The van der Waals surface area contributed by atoms with Crippen LogP contribution in [0.25, 0.3) is 0 Å². The van der Waals surface area contributed by atoms with Gasteiger partial charge in [0.05, 0.1) is 17.1 Å². The maximum atomic E-state index is 12.5. The average Bonchev–Trinajstić information content (AvgIpc) is 2.42. The Balaban J connectivity index is 2.04. The van der Waals surface area contributed by atoms with E-state index in [2.05, 4.69) is 11.8 Å². The van der Waals surface area contributed by atoms with E-state index in [0.717, 1.165) is 25.9 Å². The predicted molar refractivity (Wildman–Crippen MR) is 74.2 cm³/mol. The molecule has 2 fully saturated rings. The molecule has 0 aromatic rings. The fraction of sp³-hybridized carbons (Fsp3) is 0.688. The van der Waals surface area contributed by atoms with Crippen LogP contribution in [0.2, 0.25) is 0 Å². The molecule has 0 radical (unpaired) electrons. The van der Waals surface area contributed by atoms with E-state index >= 15 is 0 Å². The number of hydrogen-bond acceptors (Lipinski definition) is 4. The van der Waals surface area contributed by atoms with E-state index in [1.54, 1.807) is 0 Å². The van der Waals surface area contributed by atoms with Crippen molar-refractivity contribution in [3.63, 3.8) is 0 Å². The second-order valence-corrected chi connectivity index (χ2v) is 6.96. The Morgan fingerprint density at radius 2 is 2.25 bits per heavy atom. The molecule has 108 valence electrons. The highest BCUT2D eigenvalue weighted by Crippen LogP contribution is 2.59. The minimum absolute atomic E-state index is 0.102. The SMILES string of the molecule is CC1CC2C(=O)C(O)=C3C=CCN4CCCC2(O)C34C1.